The minimum absolute atomic E-state index is 0.190. The predicted octanol–water partition coefficient (Wildman–Crippen LogP) is 1.57. The number of carbonyl (C=O) groups excluding carboxylic acids is 3. The summed E-state index contributed by atoms with van der Waals surface area (Å²) >= 11 is 5.68. The summed E-state index contributed by atoms with van der Waals surface area (Å²) in [6.45, 7) is -0.277. The van der Waals surface area contributed by atoms with Crippen LogP contribution in [0.4, 0.5) is 0 Å². The van der Waals surface area contributed by atoms with Gasteiger partial charge in [-0.1, -0.05) is 23.7 Å². The quantitative estimate of drug-likeness (QED) is 0.352. The first-order chi connectivity index (χ1) is 11.9. The maximum Gasteiger partial charge on any atom is 0.336 e. The standard InChI is InChI=1S/C17H14ClN3O4/c18-14-6-4-11(9-20-14)5-7-16(23)25-13-3-1-2-12(8-13)17(24)21-10-15(19)22/h1-9H,10H2,(H2,19,22)(H,21,24)/b7-5+. The summed E-state index contributed by atoms with van der Waals surface area (Å²) in [5, 5.41) is 2.70. The number of aromatic nitrogens is 1. The van der Waals surface area contributed by atoms with E-state index in [1.54, 1.807) is 18.2 Å². The number of pyridine rings is 1. The molecule has 1 aromatic carbocycles. The van der Waals surface area contributed by atoms with E-state index in [-0.39, 0.29) is 17.9 Å². The summed E-state index contributed by atoms with van der Waals surface area (Å²) in [6, 6.07) is 9.27. The average molecular weight is 360 g/mol. The summed E-state index contributed by atoms with van der Waals surface area (Å²) in [4.78, 5) is 38.2. The van der Waals surface area contributed by atoms with Gasteiger partial charge in [-0.2, -0.15) is 0 Å². The van der Waals surface area contributed by atoms with E-state index < -0.39 is 17.8 Å². The second-order valence-corrected chi connectivity index (χ2v) is 5.23. The van der Waals surface area contributed by atoms with Crippen LogP contribution in [0.1, 0.15) is 15.9 Å². The van der Waals surface area contributed by atoms with E-state index in [1.807, 2.05) is 0 Å². The Bertz CT molecular complexity index is 819. The highest BCUT2D eigenvalue weighted by atomic mass is 35.5. The lowest BCUT2D eigenvalue weighted by Gasteiger charge is -2.05. The number of esters is 1. The van der Waals surface area contributed by atoms with Crippen molar-refractivity contribution in [3.8, 4) is 5.75 Å². The Hall–Kier alpha value is -3.19. The highest BCUT2D eigenvalue weighted by Crippen LogP contribution is 2.14. The summed E-state index contributed by atoms with van der Waals surface area (Å²) in [6.07, 6.45) is 4.26. The molecular formula is C17H14ClN3O4. The minimum Gasteiger partial charge on any atom is -0.423 e. The topological polar surface area (TPSA) is 111 Å². The number of nitrogens with one attached hydrogen (secondary N) is 1. The number of benzene rings is 1. The van der Waals surface area contributed by atoms with Crippen molar-refractivity contribution >= 4 is 35.5 Å². The number of ether oxygens (including phenoxy) is 1. The molecule has 0 unspecified atom stereocenters. The molecule has 0 spiro atoms. The number of primary amides is 1. The van der Waals surface area contributed by atoms with Crippen molar-refractivity contribution < 1.29 is 19.1 Å². The lowest BCUT2D eigenvalue weighted by atomic mass is 10.2. The van der Waals surface area contributed by atoms with Crippen LogP contribution in [0.3, 0.4) is 0 Å². The van der Waals surface area contributed by atoms with Crippen molar-refractivity contribution in [2.24, 2.45) is 5.73 Å². The molecule has 128 valence electrons. The third-order valence-corrected chi connectivity index (χ3v) is 3.12. The van der Waals surface area contributed by atoms with Gasteiger partial charge < -0.3 is 15.8 Å². The van der Waals surface area contributed by atoms with Crippen molar-refractivity contribution in [2.45, 2.75) is 0 Å². The number of hydrogen-bond donors (Lipinski definition) is 2. The molecule has 0 aliphatic rings. The number of hydrogen-bond acceptors (Lipinski definition) is 5. The third kappa shape index (κ3) is 6.08. The highest BCUT2D eigenvalue weighted by molar-refractivity contribution is 6.29. The van der Waals surface area contributed by atoms with Gasteiger partial charge in [0.05, 0.1) is 6.54 Å². The molecule has 0 aliphatic carbocycles. The van der Waals surface area contributed by atoms with Crippen LogP contribution >= 0.6 is 11.6 Å². The van der Waals surface area contributed by atoms with E-state index in [0.717, 1.165) is 0 Å². The molecule has 2 amide bonds. The van der Waals surface area contributed by atoms with Gasteiger partial charge in [-0.25, -0.2) is 9.78 Å². The van der Waals surface area contributed by atoms with Crippen LogP contribution in [0.15, 0.2) is 48.7 Å². The molecule has 2 rings (SSSR count). The van der Waals surface area contributed by atoms with Crippen LogP contribution in [0.25, 0.3) is 6.08 Å². The van der Waals surface area contributed by atoms with Gasteiger partial charge in [0, 0.05) is 17.8 Å². The van der Waals surface area contributed by atoms with Gasteiger partial charge >= 0.3 is 5.97 Å². The van der Waals surface area contributed by atoms with E-state index in [0.29, 0.717) is 10.7 Å². The number of rotatable bonds is 6. The lowest BCUT2D eigenvalue weighted by molar-refractivity contribution is -0.128. The number of nitrogens with two attached hydrogens (primary N) is 1. The number of amides is 2. The largest absolute Gasteiger partial charge is 0.423 e. The highest BCUT2D eigenvalue weighted by Gasteiger charge is 2.09. The predicted molar refractivity (Wildman–Crippen MR) is 91.9 cm³/mol. The van der Waals surface area contributed by atoms with E-state index in [9.17, 15) is 14.4 Å². The fourth-order valence-electron chi connectivity index (χ4n) is 1.77. The van der Waals surface area contributed by atoms with E-state index in [4.69, 9.17) is 22.1 Å². The molecule has 0 atom stereocenters. The molecule has 0 aliphatic heterocycles. The second kappa shape index (κ2) is 8.60. The third-order valence-electron chi connectivity index (χ3n) is 2.90. The first-order valence-corrected chi connectivity index (χ1v) is 7.50. The van der Waals surface area contributed by atoms with E-state index >= 15 is 0 Å². The molecule has 0 saturated heterocycles. The molecule has 1 aromatic heterocycles. The SMILES string of the molecule is NC(=O)CNC(=O)c1cccc(OC(=O)/C=C/c2ccc(Cl)nc2)c1. The smallest absolute Gasteiger partial charge is 0.336 e. The van der Waals surface area contributed by atoms with Crippen LogP contribution in [0.5, 0.6) is 5.75 Å². The molecule has 8 heteroatoms. The normalized spacial score (nSPS) is 10.4. The van der Waals surface area contributed by atoms with Gasteiger partial charge in [-0.05, 0) is 35.9 Å². The lowest BCUT2D eigenvalue weighted by Crippen LogP contribution is -2.33. The summed E-state index contributed by atoms with van der Waals surface area (Å²) in [7, 11) is 0. The fraction of sp³-hybridized carbons (Fsp3) is 0.0588. The summed E-state index contributed by atoms with van der Waals surface area (Å²) < 4.78 is 5.13. The van der Waals surface area contributed by atoms with Gasteiger partial charge in [0.2, 0.25) is 5.91 Å². The van der Waals surface area contributed by atoms with Crippen molar-refractivity contribution in [2.75, 3.05) is 6.54 Å². The van der Waals surface area contributed by atoms with Gasteiger partial charge in [0.25, 0.3) is 5.91 Å². The van der Waals surface area contributed by atoms with Crippen LogP contribution in [-0.4, -0.2) is 29.3 Å². The molecule has 2 aromatic rings. The maximum absolute atomic E-state index is 11.8. The van der Waals surface area contributed by atoms with Gasteiger partial charge in [-0.15, -0.1) is 0 Å². The van der Waals surface area contributed by atoms with Crippen LogP contribution in [0.2, 0.25) is 5.15 Å². The molecule has 25 heavy (non-hydrogen) atoms. The van der Waals surface area contributed by atoms with Gasteiger partial charge in [-0.3, -0.25) is 9.59 Å². The molecule has 0 radical (unpaired) electrons. The molecule has 0 saturated carbocycles. The Labute approximate surface area is 148 Å². The Morgan fingerprint density at radius 1 is 1.24 bits per heavy atom. The molecular weight excluding hydrogens is 346 g/mol. The van der Waals surface area contributed by atoms with Crippen molar-refractivity contribution in [1.29, 1.82) is 0 Å². The molecule has 7 nitrogen and oxygen atoms in total. The number of carbonyl (C=O) groups is 3. The Morgan fingerprint density at radius 3 is 2.72 bits per heavy atom. The molecule has 0 fully saturated rings. The Kier molecular flexibility index (Phi) is 6.25. The second-order valence-electron chi connectivity index (χ2n) is 4.85. The zero-order chi connectivity index (χ0) is 18.2. The van der Waals surface area contributed by atoms with Gasteiger partial charge in [0.15, 0.2) is 0 Å². The number of halogens is 1. The summed E-state index contributed by atoms with van der Waals surface area (Å²) in [5.41, 5.74) is 5.88. The van der Waals surface area contributed by atoms with Crippen molar-refractivity contribution in [3.05, 3.63) is 65.0 Å². The van der Waals surface area contributed by atoms with Crippen molar-refractivity contribution in [1.82, 2.24) is 10.3 Å². The number of nitrogens with zero attached hydrogens (tertiary/aromatic N) is 1. The zero-order valence-corrected chi connectivity index (χ0v) is 13.7. The maximum atomic E-state index is 11.8. The van der Waals surface area contributed by atoms with Crippen LogP contribution in [0, 0.1) is 0 Å². The zero-order valence-electron chi connectivity index (χ0n) is 12.9. The van der Waals surface area contributed by atoms with E-state index in [1.165, 1.54) is 36.5 Å². The monoisotopic (exact) mass is 359 g/mol. The Balaban J connectivity index is 1.98. The van der Waals surface area contributed by atoms with Gasteiger partial charge in [0.1, 0.15) is 10.9 Å². The minimum atomic E-state index is -0.655. The van der Waals surface area contributed by atoms with E-state index in [2.05, 4.69) is 10.3 Å². The van der Waals surface area contributed by atoms with Crippen LogP contribution in [-0.2, 0) is 9.59 Å². The molecule has 3 N–H and O–H groups in total. The Morgan fingerprint density at radius 2 is 2.04 bits per heavy atom. The molecule has 1 heterocycles. The summed E-state index contributed by atoms with van der Waals surface area (Å²) in [5.74, 6) is -1.59. The van der Waals surface area contributed by atoms with Crippen LogP contribution < -0.4 is 15.8 Å². The fourth-order valence-corrected chi connectivity index (χ4v) is 1.88. The van der Waals surface area contributed by atoms with Crippen molar-refractivity contribution in [3.63, 3.8) is 0 Å². The average Bonchev–Trinajstić information content (AvgIpc) is 2.59. The first-order valence-electron chi connectivity index (χ1n) is 7.12. The first kappa shape index (κ1) is 18.2. The molecule has 0 bridgehead atoms.